The van der Waals surface area contributed by atoms with Gasteiger partial charge in [0.1, 0.15) is 0 Å². The summed E-state index contributed by atoms with van der Waals surface area (Å²) < 4.78 is 0. The summed E-state index contributed by atoms with van der Waals surface area (Å²) in [7, 11) is 0. The lowest BCUT2D eigenvalue weighted by Gasteiger charge is -2.44. The summed E-state index contributed by atoms with van der Waals surface area (Å²) >= 11 is 1.81. The number of thiazole rings is 1. The maximum Gasteiger partial charge on any atom is 0.0940 e. The Morgan fingerprint density at radius 1 is 1.43 bits per heavy atom. The predicted octanol–water partition coefficient (Wildman–Crippen LogP) is 3.34. The maximum atomic E-state index is 4.61. The van der Waals surface area contributed by atoms with Crippen LogP contribution in [0, 0.1) is 18.8 Å². The number of rotatable bonds is 6. The molecule has 1 aliphatic rings. The highest BCUT2D eigenvalue weighted by atomic mass is 32.1. The highest BCUT2D eigenvalue weighted by molar-refractivity contribution is 7.09. The minimum absolute atomic E-state index is 0.642. The second-order valence-electron chi connectivity index (χ2n) is 6.84. The summed E-state index contributed by atoms with van der Waals surface area (Å²) in [5.74, 6) is 1.45. The largest absolute Gasteiger partial charge is 0.311 e. The fourth-order valence-corrected chi connectivity index (χ4v) is 3.96. The Morgan fingerprint density at radius 3 is 2.76 bits per heavy atom. The Bertz CT molecular complexity index is 429. The van der Waals surface area contributed by atoms with Crippen LogP contribution in [-0.4, -0.2) is 41.6 Å². The van der Waals surface area contributed by atoms with Gasteiger partial charge in [-0.3, -0.25) is 4.90 Å². The number of hydrogen-bond acceptors (Lipinski definition) is 4. The van der Waals surface area contributed by atoms with E-state index < -0.39 is 0 Å². The Hall–Kier alpha value is -0.450. The molecule has 1 aromatic heterocycles. The topological polar surface area (TPSA) is 28.2 Å². The third-order valence-electron chi connectivity index (χ3n) is 4.87. The van der Waals surface area contributed by atoms with Gasteiger partial charge >= 0.3 is 0 Å². The van der Waals surface area contributed by atoms with Gasteiger partial charge in [-0.15, -0.1) is 11.3 Å². The summed E-state index contributed by atoms with van der Waals surface area (Å²) in [6, 6.07) is 1.30. The number of nitrogens with one attached hydrogen (secondary N) is 1. The summed E-state index contributed by atoms with van der Waals surface area (Å²) in [6.45, 7) is 14.9. The SMILES string of the molecule is CCC(C)C1CN(CCc2nc(C)cs2)C(C(C)C)CN1. The first kappa shape index (κ1) is 16.9. The van der Waals surface area contributed by atoms with E-state index in [1.54, 1.807) is 11.3 Å². The molecule has 2 heterocycles. The molecule has 3 nitrogen and oxygen atoms in total. The van der Waals surface area contributed by atoms with E-state index in [2.05, 4.69) is 55.2 Å². The van der Waals surface area contributed by atoms with Crippen molar-refractivity contribution in [1.82, 2.24) is 15.2 Å². The van der Waals surface area contributed by atoms with E-state index in [0.29, 0.717) is 18.0 Å². The third-order valence-corrected chi connectivity index (χ3v) is 5.90. The molecule has 0 bridgehead atoms. The van der Waals surface area contributed by atoms with Crippen molar-refractivity contribution in [2.75, 3.05) is 19.6 Å². The molecule has 0 saturated carbocycles. The van der Waals surface area contributed by atoms with Gasteiger partial charge in [0, 0.05) is 49.2 Å². The molecule has 3 atom stereocenters. The molecule has 1 N–H and O–H groups in total. The lowest BCUT2D eigenvalue weighted by molar-refractivity contribution is 0.0831. The van der Waals surface area contributed by atoms with Crippen molar-refractivity contribution in [3.8, 4) is 0 Å². The Balaban J connectivity index is 1.96. The average Bonchev–Trinajstić information content (AvgIpc) is 2.89. The van der Waals surface area contributed by atoms with Crippen LogP contribution in [0.3, 0.4) is 0 Å². The van der Waals surface area contributed by atoms with Gasteiger partial charge in [-0.2, -0.15) is 0 Å². The summed E-state index contributed by atoms with van der Waals surface area (Å²) in [5.41, 5.74) is 1.16. The predicted molar refractivity (Wildman–Crippen MR) is 92.0 cm³/mol. The number of aromatic nitrogens is 1. The van der Waals surface area contributed by atoms with E-state index in [4.69, 9.17) is 0 Å². The Kier molecular flexibility index (Phi) is 6.20. The summed E-state index contributed by atoms with van der Waals surface area (Å²) in [5, 5.41) is 7.23. The zero-order valence-electron chi connectivity index (χ0n) is 14.2. The zero-order chi connectivity index (χ0) is 15.4. The van der Waals surface area contributed by atoms with Crippen LogP contribution in [-0.2, 0) is 6.42 Å². The number of hydrogen-bond donors (Lipinski definition) is 1. The number of aryl methyl sites for hydroxylation is 1. The van der Waals surface area contributed by atoms with Crippen LogP contribution in [0.1, 0.15) is 44.8 Å². The van der Waals surface area contributed by atoms with Gasteiger partial charge in [0.05, 0.1) is 5.01 Å². The lowest BCUT2D eigenvalue weighted by Crippen LogP contribution is -2.60. The van der Waals surface area contributed by atoms with Gasteiger partial charge in [0.2, 0.25) is 0 Å². The van der Waals surface area contributed by atoms with Gasteiger partial charge in [-0.25, -0.2) is 4.98 Å². The summed E-state index contributed by atoms with van der Waals surface area (Å²) in [4.78, 5) is 7.31. The molecule has 1 fully saturated rings. The normalized spacial score (nSPS) is 25.4. The second kappa shape index (κ2) is 7.70. The molecular formula is C17H31N3S. The molecule has 0 spiro atoms. The molecule has 2 rings (SSSR count). The standard InChI is InChI=1S/C17H31N3S/c1-6-13(4)15-10-20(16(9-18-15)12(2)3)8-7-17-19-14(5)11-21-17/h11-13,15-16,18H,6-10H2,1-5H3. The quantitative estimate of drug-likeness (QED) is 0.873. The number of nitrogens with zero attached hydrogens (tertiary/aromatic N) is 2. The van der Waals surface area contributed by atoms with Gasteiger partial charge in [-0.05, 0) is 18.8 Å². The van der Waals surface area contributed by atoms with Crippen molar-refractivity contribution in [3.05, 3.63) is 16.1 Å². The molecule has 0 radical (unpaired) electrons. The monoisotopic (exact) mass is 309 g/mol. The number of piperazine rings is 1. The minimum Gasteiger partial charge on any atom is -0.311 e. The molecule has 1 aliphatic heterocycles. The summed E-state index contributed by atoms with van der Waals surface area (Å²) in [6.07, 6.45) is 2.35. The molecular weight excluding hydrogens is 278 g/mol. The van der Waals surface area contributed by atoms with Crippen LogP contribution in [0.5, 0.6) is 0 Å². The fraction of sp³-hybridized carbons (Fsp3) is 0.824. The Labute approximate surface area is 134 Å². The van der Waals surface area contributed by atoms with E-state index >= 15 is 0 Å². The fourth-order valence-electron chi connectivity index (χ4n) is 3.19. The molecule has 1 aromatic rings. The molecule has 3 unspecified atom stereocenters. The Morgan fingerprint density at radius 2 is 2.19 bits per heavy atom. The van der Waals surface area contributed by atoms with Crippen molar-refractivity contribution in [3.63, 3.8) is 0 Å². The van der Waals surface area contributed by atoms with E-state index in [1.807, 2.05) is 0 Å². The molecule has 120 valence electrons. The van der Waals surface area contributed by atoms with Crippen molar-refractivity contribution >= 4 is 11.3 Å². The van der Waals surface area contributed by atoms with Crippen LogP contribution in [0.4, 0.5) is 0 Å². The van der Waals surface area contributed by atoms with E-state index in [0.717, 1.165) is 31.1 Å². The van der Waals surface area contributed by atoms with E-state index in [1.165, 1.54) is 18.0 Å². The van der Waals surface area contributed by atoms with Crippen molar-refractivity contribution < 1.29 is 0 Å². The first-order valence-corrected chi connectivity index (χ1v) is 9.27. The highest BCUT2D eigenvalue weighted by Crippen LogP contribution is 2.21. The van der Waals surface area contributed by atoms with Crippen molar-refractivity contribution in [2.45, 2.75) is 59.5 Å². The van der Waals surface area contributed by atoms with Crippen LogP contribution >= 0.6 is 11.3 Å². The zero-order valence-corrected chi connectivity index (χ0v) is 15.0. The minimum atomic E-state index is 0.642. The highest BCUT2D eigenvalue weighted by Gasteiger charge is 2.31. The molecule has 21 heavy (non-hydrogen) atoms. The van der Waals surface area contributed by atoms with E-state index in [-0.39, 0.29) is 0 Å². The molecule has 4 heteroatoms. The molecule has 0 amide bonds. The third kappa shape index (κ3) is 4.51. The first-order valence-electron chi connectivity index (χ1n) is 8.39. The van der Waals surface area contributed by atoms with Gasteiger partial charge < -0.3 is 5.32 Å². The molecule has 1 saturated heterocycles. The second-order valence-corrected chi connectivity index (χ2v) is 7.78. The molecule has 0 aliphatic carbocycles. The average molecular weight is 310 g/mol. The van der Waals surface area contributed by atoms with Gasteiger partial charge in [0.15, 0.2) is 0 Å². The van der Waals surface area contributed by atoms with Gasteiger partial charge in [0.25, 0.3) is 0 Å². The van der Waals surface area contributed by atoms with Crippen LogP contribution in [0.25, 0.3) is 0 Å². The van der Waals surface area contributed by atoms with Crippen LogP contribution < -0.4 is 5.32 Å². The lowest BCUT2D eigenvalue weighted by atomic mass is 9.92. The van der Waals surface area contributed by atoms with Crippen molar-refractivity contribution in [2.24, 2.45) is 11.8 Å². The van der Waals surface area contributed by atoms with Crippen LogP contribution in [0.15, 0.2) is 5.38 Å². The molecule has 0 aromatic carbocycles. The first-order chi connectivity index (χ1) is 10.0. The maximum absolute atomic E-state index is 4.61. The van der Waals surface area contributed by atoms with Crippen LogP contribution in [0.2, 0.25) is 0 Å². The smallest absolute Gasteiger partial charge is 0.0940 e. The van der Waals surface area contributed by atoms with Crippen molar-refractivity contribution in [1.29, 1.82) is 0 Å². The van der Waals surface area contributed by atoms with Gasteiger partial charge in [-0.1, -0.05) is 34.1 Å². The van der Waals surface area contributed by atoms with E-state index in [9.17, 15) is 0 Å².